The topological polar surface area (TPSA) is 445 Å². The van der Waals surface area contributed by atoms with Gasteiger partial charge in [-0.05, 0) is 103 Å². The minimum Gasteiger partial charge on any atom is -0.508 e. The molecule has 22 N–H and O–H groups in total. The van der Waals surface area contributed by atoms with Crippen LogP contribution in [0.1, 0.15) is 51.7 Å². The van der Waals surface area contributed by atoms with Crippen molar-refractivity contribution in [1.82, 2.24) is 0 Å². The first-order valence-corrected chi connectivity index (χ1v) is 30.5. The Bertz CT molecular complexity index is 4780. The highest BCUT2D eigenvalue weighted by Gasteiger charge is 2.29. The minimum absolute atomic E-state index is 0.0372. The molecule has 0 aliphatic heterocycles. The normalized spacial score (nSPS) is 12.0. The molecule has 0 heterocycles. The van der Waals surface area contributed by atoms with Gasteiger partial charge in [-0.15, -0.1) is 0 Å². The number of phenolic OH excluding ortho intramolecular Hbond substituents is 22. The van der Waals surface area contributed by atoms with Gasteiger partial charge < -0.3 is 112 Å². The van der Waals surface area contributed by atoms with E-state index in [0.717, 1.165) is 122 Å². The summed E-state index contributed by atoms with van der Waals surface area (Å²) in [6, 6.07) is 23.3. The predicted molar refractivity (Wildman–Crippen MR) is 364 cm³/mol. The molecule has 0 bridgehead atoms. The van der Waals surface area contributed by atoms with Crippen molar-refractivity contribution in [3.63, 3.8) is 0 Å². The molecule has 0 unspecified atom stereocenters. The van der Waals surface area contributed by atoms with Gasteiger partial charge in [0.05, 0.1) is 0 Å². The first-order valence-electron chi connectivity index (χ1n) is 30.5. The molecule has 0 radical (unpaired) electrons. The van der Waals surface area contributed by atoms with Crippen LogP contribution in [0.3, 0.4) is 0 Å². The minimum atomic E-state index is -0.711. The monoisotopic (exact) mass is 1330 g/mol. The van der Waals surface area contributed by atoms with E-state index >= 15 is 0 Å². The number of hydrogen-bond acceptors (Lipinski definition) is 22. The van der Waals surface area contributed by atoms with E-state index < -0.39 is 115 Å². The third-order valence-corrected chi connectivity index (χ3v) is 17.9. The van der Waals surface area contributed by atoms with Crippen molar-refractivity contribution in [2.45, 2.75) is 53.4 Å². The van der Waals surface area contributed by atoms with Gasteiger partial charge in [0.15, 0.2) is 0 Å². The van der Waals surface area contributed by atoms with Crippen molar-refractivity contribution in [2.75, 3.05) is 0 Å². The molecule has 502 valence electrons. The Morgan fingerprint density at radius 2 is 0.265 bits per heavy atom. The number of phenols is 22. The molecule has 0 fully saturated rings. The van der Waals surface area contributed by atoms with E-state index in [1.54, 1.807) is 0 Å². The van der Waals surface area contributed by atoms with Crippen molar-refractivity contribution < 1.29 is 112 Å². The van der Waals surface area contributed by atoms with Crippen LogP contribution in [0, 0.1) is 11.8 Å². The number of rotatable bonds is 16. The number of hydrogen-bond donors (Lipinski definition) is 22. The fraction of sp³-hybridized carbons (Fsp3) is 0.132. The molecule has 0 aliphatic rings. The predicted octanol–water partition coefficient (Wildman–Crippen LogP) is 15.1. The van der Waals surface area contributed by atoms with Crippen LogP contribution in [0.2, 0.25) is 0 Å². The van der Waals surface area contributed by atoms with Crippen LogP contribution in [0.15, 0.2) is 133 Å². The Hall–Kier alpha value is -13.0. The van der Waals surface area contributed by atoms with Gasteiger partial charge in [0.25, 0.3) is 0 Å². The van der Waals surface area contributed by atoms with Gasteiger partial charge in [0.1, 0.15) is 126 Å². The zero-order valence-electron chi connectivity index (χ0n) is 52.5. The Morgan fingerprint density at radius 1 is 0.163 bits per heavy atom. The second-order valence-electron chi connectivity index (χ2n) is 24.4. The summed E-state index contributed by atoms with van der Waals surface area (Å²) in [6.45, 7) is 7.86. The Labute approximate surface area is 557 Å². The summed E-state index contributed by atoms with van der Waals surface area (Å²) in [5, 5.41) is 248. The highest BCUT2D eigenvalue weighted by atomic mass is 16.3. The first kappa shape index (κ1) is 66.5. The van der Waals surface area contributed by atoms with Crippen molar-refractivity contribution in [3.8, 4) is 238 Å². The second-order valence-corrected chi connectivity index (χ2v) is 24.4. The lowest BCUT2D eigenvalue weighted by Gasteiger charge is -2.18. The zero-order valence-corrected chi connectivity index (χ0v) is 52.5. The SMILES string of the molecule is CC[C@H](C)Cc1cc(-c2cc(-c3cc(-c4cc(-c5cc(-c6cc(-c7cc(-c8cc(-c9cc(-c%10cc(-c%11cc(C[C@@H](C)CC)c(O)cc%11O)c(O)cc%10O)c(O)cc9O)c(O)cc8O)c(O)cc7O)c(O)cc6O)c(O)cc5O)c(O)cc4O)c(O)cc3O)c(O)cc2O)c(O)cc1O. The fourth-order valence-electron chi connectivity index (χ4n) is 12.1. The van der Waals surface area contributed by atoms with Crippen molar-refractivity contribution in [2.24, 2.45) is 11.8 Å². The van der Waals surface area contributed by atoms with E-state index in [1.165, 1.54) is 24.3 Å². The average molecular weight is 1330 g/mol. The van der Waals surface area contributed by atoms with Crippen LogP contribution in [-0.2, 0) is 12.8 Å². The summed E-state index contributed by atoms with van der Waals surface area (Å²) in [6.07, 6.45) is 2.35. The van der Waals surface area contributed by atoms with E-state index in [1.807, 2.05) is 27.7 Å². The van der Waals surface area contributed by atoms with Gasteiger partial charge in [-0.3, -0.25) is 0 Å². The maximum absolute atomic E-state index is 11.5. The van der Waals surface area contributed by atoms with Crippen LogP contribution in [0.5, 0.6) is 126 Å². The Morgan fingerprint density at radius 3 is 0.378 bits per heavy atom. The van der Waals surface area contributed by atoms with Crippen molar-refractivity contribution in [3.05, 3.63) is 145 Å². The van der Waals surface area contributed by atoms with Crippen LogP contribution in [-0.4, -0.2) is 112 Å². The molecule has 22 nitrogen and oxygen atoms in total. The van der Waals surface area contributed by atoms with Gasteiger partial charge in [-0.1, -0.05) is 40.5 Å². The van der Waals surface area contributed by atoms with E-state index in [0.29, 0.717) is 24.0 Å². The first-order chi connectivity index (χ1) is 46.3. The largest absolute Gasteiger partial charge is 0.508 e. The molecule has 98 heavy (non-hydrogen) atoms. The van der Waals surface area contributed by atoms with E-state index in [4.69, 9.17) is 0 Å². The number of benzene rings is 11. The molecule has 0 saturated carbocycles. The third kappa shape index (κ3) is 12.1. The van der Waals surface area contributed by atoms with Gasteiger partial charge in [0, 0.05) is 178 Å². The van der Waals surface area contributed by atoms with E-state index in [2.05, 4.69) is 0 Å². The van der Waals surface area contributed by atoms with Gasteiger partial charge >= 0.3 is 0 Å². The lowest BCUT2D eigenvalue weighted by molar-refractivity contribution is 0.438. The second kappa shape index (κ2) is 25.4. The molecule has 0 saturated heterocycles. The molecule has 0 aromatic heterocycles. The summed E-state index contributed by atoms with van der Waals surface area (Å²) in [5.41, 5.74) is -3.14. The molecule has 11 aromatic carbocycles. The summed E-state index contributed by atoms with van der Waals surface area (Å²) >= 11 is 0. The third-order valence-electron chi connectivity index (χ3n) is 17.9. The van der Waals surface area contributed by atoms with Crippen molar-refractivity contribution in [1.29, 1.82) is 0 Å². The van der Waals surface area contributed by atoms with Crippen LogP contribution < -0.4 is 0 Å². The summed E-state index contributed by atoms with van der Waals surface area (Å²) < 4.78 is 0. The quantitative estimate of drug-likeness (QED) is 0.0427. The smallest absolute Gasteiger partial charge is 0.127 e. The van der Waals surface area contributed by atoms with Crippen LogP contribution in [0.4, 0.5) is 0 Å². The molecule has 22 heteroatoms. The Kier molecular flexibility index (Phi) is 17.2. The standard InChI is InChI=1S/C76H66O22/c1-5-31(3)7-33-9-35(57(79)20-55(33)77)37-11-39(61(83)22-59(37)81)41-13-43(65(87)24-63(41)85)45-15-47(69(91)26-67(45)89)49-17-51(73(95)28-71(49)93)53-19-54(76(98)30-75(53)97)52-18-50(72(94)29-74(52)96)48-16-46(68(90)27-70(48)92)44-14-42(64(86)25-66(44)88)40-12-38(60(82)23-62(40)84)36-10-34(8-32(4)6-2)56(78)21-58(36)80/h9-32,77-98H,5-8H2,1-4H3/t31-,32-/m0/s1. The molecule has 11 aromatic rings. The lowest BCUT2D eigenvalue weighted by Crippen LogP contribution is -1.99. The van der Waals surface area contributed by atoms with E-state index in [9.17, 15) is 112 Å². The van der Waals surface area contributed by atoms with Crippen LogP contribution >= 0.6 is 0 Å². The average Bonchev–Trinajstić information content (AvgIpc) is 0.761. The maximum Gasteiger partial charge on any atom is 0.127 e. The molecule has 0 amide bonds. The van der Waals surface area contributed by atoms with Crippen molar-refractivity contribution >= 4 is 0 Å². The van der Waals surface area contributed by atoms with Crippen LogP contribution in [0.25, 0.3) is 111 Å². The highest BCUT2D eigenvalue weighted by Crippen LogP contribution is 2.56. The molecule has 2 atom stereocenters. The summed E-state index contributed by atoms with van der Waals surface area (Å²) in [5.74, 6) is -12.7. The lowest BCUT2D eigenvalue weighted by atomic mass is 9.89. The Balaban J connectivity index is 0.967. The van der Waals surface area contributed by atoms with Gasteiger partial charge in [-0.25, -0.2) is 0 Å². The number of aromatic hydroxyl groups is 22. The summed E-state index contributed by atoms with van der Waals surface area (Å²) in [7, 11) is 0. The summed E-state index contributed by atoms with van der Waals surface area (Å²) in [4.78, 5) is 0. The van der Waals surface area contributed by atoms with Gasteiger partial charge in [0.2, 0.25) is 0 Å². The maximum atomic E-state index is 11.5. The fourth-order valence-corrected chi connectivity index (χ4v) is 12.1. The molecular weight excluding hydrogens is 1260 g/mol. The van der Waals surface area contributed by atoms with E-state index in [-0.39, 0.29) is 135 Å². The molecule has 0 aliphatic carbocycles. The highest BCUT2D eigenvalue weighted by molar-refractivity contribution is 5.97. The zero-order chi connectivity index (χ0) is 70.9. The molecule has 11 rings (SSSR count). The molecular formula is C76H66O22. The van der Waals surface area contributed by atoms with Gasteiger partial charge in [-0.2, -0.15) is 0 Å². The molecule has 0 spiro atoms.